The molecule has 0 N–H and O–H groups in total. The summed E-state index contributed by atoms with van der Waals surface area (Å²) in [4.78, 5) is 17.5. The molecule has 0 saturated carbocycles. The minimum atomic E-state index is 0.152. The van der Waals surface area contributed by atoms with Gasteiger partial charge in [-0.15, -0.1) is 11.3 Å². The van der Waals surface area contributed by atoms with Crippen molar-refractivity contribution >= 4 is 33.2 Å². The molecule has 2 heterocycles. The molecule has 0 bridgehead atoms. The summed E-state index contributed by atoms with van der Waals surface area (Å²) < 4.78 is 6.49. The Morgan fingerprint density at radius 3 is 2.70 bits per heavy atom. The second-order valence-corrected chi connectivity index (χ2v) is 7.37. The Bertz CT molecular complexity index is 667. The van der Waals surface area contributed by atoms with Crippen LogP contribution in [0, 0.1) is 0 Å². The fraction of sp³-hybridized carbons (Fsp3) is 0.353. The van der Waals surface area contributed by atoms with Crippen LogP contribution >= 0.6 is 27.3 Å². The third-order valence-electron chi connectivity index (χ3n) is 4.03. The van der Waals surface area contributed by atoms with E-state index in [1.165, 1.54) is 16.9 Å². The van der Waals surface area contributed by atoms with E-state index in [2.05, 4.69) is 26.9 Å². The van der Waals surface area contributed by atoms with Gasteiger partial charge in [-0.05, 0) is 29.6 Å². The highest BCUT2D eigenvalue weighted by molar-refractivity contribution is 9.10. The fourth-order valence-corrected chi connectivity index (χ4v) is 3.88. The molecule has 0 aliphatic carbocycles. The van der Waals surface area contributed by atoms with Crippen LogP contribution in [0.3, 0.4) is 0 Å². The average Bonchev–Trinajstić information content (AvgIpc) is 3.10. The molecule has 0 spiro atoms. The Morgan fingerprint density at radius 2 is 2.04 bits per heavy atom. The maximum atomic E-state index is 12.4. The average molecular weight is 395 g/mol. The Kier molecular flexibility index (Phi) is 5.35. The van der Waals surface area contributed by atoms with Crippen LogP contribution in [0.4, 0.5) is 0 Å². The first-order chi connectivity index (χ1) is 11.2. The van der Waals surface area contributed by atoms with Gasteiger partial charge in [0.25, 0.3) is 5.91 Å². The first kappa shape index (κ1) is 16.5. The zero-order valence-electron chi connectivity index (χ0n) is 13.0. The van der Waals surface area contributed by atoms with E-state index in [1.807, 2.05) is 34.5 Å². The number of carbonyl (C=O) groups excluding carboxylic acids is 1. The maximum absolute atomic E-state index is 12.4. The van der Waals surface area contributed by atoms with Crippen LogP contribution in [0.15, 0.2) is 40.2 Å². The number of hydrogen-bond acceptors (Lipinski definition) is 4. The zero-order valence-corrected chi connectivity index (χ0v) is 15.4. The van der Waals surface area contributed by atoms with Gasteiger partial charge >= 0.3 is 0 Å². The third-order valence-corrected chi connectivity index (χ3v) is 5.38. The number of thiophene rings is 1. The lowest BCUT2D eigenvalue weighted by atomic mass is 10.1. The van der Waals surface area contributed by atoms with E-state index in [9.17, 15) is 4.79 Å². The van der Waals surface area contributed by atoms with Crippen molar-refractivity contribution in [2.24, 2.45) is 0 Å². The molecule has 1 amide bonds. The molecule has 1 aliphatic rings. The van der Waals surface area contributed by atoms with Crippen LogP contribution < -0.4 is 4.74 Å². The predicted molar refractivity (Wildman–Crippen MR) is 96.2 cm³/mol. The Labute approximate surface area is 148 Å². The SMILES string of the molecule is COc1ccc(Br)cc1CN1CCN(C(=O)c2cccs2)CC1. The van der Waals surface area contributed by atoms with Gasteiger partial charge in [0.15, 0.2) is 0 Å². The Balaban J connectivity index is 1.59. The van der Waals surface area contributed by atoms with E-state index in [-0.39, 0.29) is 5.91 Å². The number of carbonyl (C=O) groups is 1. The number of benzene rings is 1. The molecular weight excluding hydrogens is 376 g/mol. The van der Waals surface area contributed by atoms with Gasteiger partial charge in [-0.2, -0.15) is 0 Å². The topological polar surface area (TPSA) is 32.8 Å². The fourth-order valence-electron chi connectivity index (χ4n) is 2.78. The van der Waals surface area contributed by atoms with Gasteiger partial charge < -0.3 is 9.64 Å². The molecule has 1 fully saturated rings. The second-order valence-electron chi connectivity index (χ2n) is 5.50. The largest absolute Gasteiger partial charge is 0.496 e. The molecule has 23 heavy (non-hydrogen) atoms. The van der Waals surface area contributed by atoms with E-state index < -0.39 is 0 Å². The van der Waals surface area contributed by atoms with Crippen molar-refractivity contribution in [1.82, 2.24) is 9.80 Å². The molecule has 0 unspecified atom stereocenters. The summed E-state index contributed by atoms with van der Waals surface area (Å²) >= 11 is 5.02. The summed E-state index contributed by atoms with van der Waals surface area (Å²) in [5.41, 5.74) is 1.17. The summed E-state index contributed by atoms with van der Waals surface area (Å²) in [6.07, 6.45) is 0. The number of amides is 1. The third kappa shape index (κ3) is 3.94. The number of halogens is 1. The molecule has 1 aromatic heterocycles. The number of nitrogens with zero attached hydrogens (tertiary/aromatic N) is 2. The maximum Gasteiger partial charge on any atom is 0.264 e. The molecule has 0 radical (unpaired) electrons. The zero-order chi connectivity index (χ0) is 16.2. The van der Waals surface area contributed by atoms with Crippen LogP contribution in [0.25, 0.3) is 0 Å². The lowest BCUT2D eigenvalue weighted by Gasteiger charge is -2.34. The number of hydrogen-bond donors (Lipinski definition) is 0. The summed E-state index contributed by atoms with van der Waals surface area (Å²) in [5.74, 6) is 1.06. The Hall–Kier alpha value is -1.37. The van der Waals surface area contributed by atoms with E-state index in [4.69, 9.17) is 4.74 Å². The van der Waals surface area contributed by atoms with E-state index in [1.54, 1.807) is 7.11 Å². The van der Waals surface area contributed by atoms with Gasteiger partial charge in [0, 0.05) is 42.8 Å². The molecule has 1 aliphatic heterocycles. The quantitative estimate of drug-likeness (QED) is 0.795. The molecule has 2 aromatic rings. The normalized spacial score (nSPS) is 15.7. The minimum absolute atomic E-state index is 0.152. The lowest BCUT2D eigenvalue weighted by molar-refractivity contribution is 0.0632. The van der Waals surface area contributed by atoms with Gasteiger partial charge in [0.05, 0.1) is 12.0 Å². The van der Waals surface area contributed by atoms with Crippen molar-refractivity contribution in [3.63, 3.8) is 0 Å². The van der Waals surface area contributed by atoms with Crippen LogP contribution in [0.1, 0.15) is 15.2 Å². The Morgan fingerprint density at radius 1 is 1.26 bits per heavy atom. The van der Waals surface area contributed by atoms with Crippen molar-refractivity contribution in [1.29, 1.82) is 0 Å². The van der Waals surface area contributed by atoms with E-state index in [0.717, 1.165) is 47.8 Å². The molecule has 122 valence electrons. The highest BCUT2D eigenvalue weighted by Crippen LogP contribution is 2.25. The molecule has 6 heteroatoms. The molecule has 4 nitrogen and oxygen atoms in total. The number of rotatable bonds is 4. The van der Waals surface area contributed by atoms with E-state index in [0.29, 0.717) is 0 Å². The number of ether oxygens (including phenoxy) is 1. The summed E-state index contributed by atoms with van der Waals surface area (Å²) in [7, 11) is 1.70. The second kappa shape index (κ2) is 7.47. The van der Waals surface area contributed by atoms with Crippen LogP contribution in [0.2, 0.25) is 0 Å². The van der Waals surface area contributed by atoms with Crippen molar-refractivity contribution in [2.45, 2.75) is 6.54 Å². The highest BCUT2D eigenvalue weighted by atomic mass is 79.9. The van der Waals surface area contributed by atoms with Crippen molar-refractivity contribution in [3.05, 3.63) is 50.6 Å². The van der Waals surface area contributed by atoms with Gasteiger partial charge in [-0.3, -0.25) is 9.69 Å². The van der Waals surface area contributed by atoms with Crippen molar-refractivity contribution < 1.29 is 9.53 Å². The summed E-state index contributed by atoms with van der Waals surface area (Å²) in [6, 6.07) is 9.89. The van der Waals surface area contributed by atoms with Crippen molar-refractivity contribution in [2.75, 3.05) is 33.3 Å². The van der Waals surface area contributed by atoms with Crippen LogP contribution in [0.5, 0.6) is 5.75 Å². The molecule has 1 saturated heterocycles. The first-order valence-electron chi connectivity index (χ1n) is 7.55. The van der Waals surface area contributed by atoms with E-state index >= 15 is 0 Å². The molecule has 1 aromatic carbocycles. The van der Waals surface area contributed by atoms with Crippen molar-refractivity contribution in [3.8, 4) is 5.75 Å². The lowest BCUT2D eigenvalue weighted by Crippen LogP contribution is -2.48. The number of piperazine rings is 1. The van der Waals surface area contributed by atoms with Gasteiger partial charge in [0.2, 0.25) is 0 Å². The van der Waals surface area contributed by atoms with Gasteiger partial charge in [-0.1, -0.05) is 22.0 Å². The summed E-state index contributed by atoms with van der Waals surface area (Å²) in [5, 5.41) is 1.95. The van der Waals surface area contributed by atoms with Gasteiger partial charge in [-0.25, -0.2) is 0 Å². The molecule has 0 atom stereocenters. The highest BCUT2D eigenvalue weighted by Gasteiger charge is 2.23. The number of methoxy groups -OCH3 is 1. The first-order valence-corrected chi connectivity index (χ1v) is 9.22. The van der Waals surface area contributed by atoms with Crippen LogP contribution in [-0.4, -0.2) is 49.0 Å². The van der Waals surface area contributed by atoms with Gasteiger partial charge in [0.1, 0.15) is 5.75 Å². The summed E-state index contributed by atoms with van der Waals surface area (Å²) in [6.45, 7) is 4.14. The monoisotopic (exact) mass is 394 g/mol. The van der Waals surface area contributed by atoms with Crippen LogP contribution in [-0.2, 0) is 6.54 Å². The molecule has 3 rings (SSSR count). The standard InChI is InChI=1S/C17H19BrN2O2S/c1-22-15-5-4-14(18)11-13(15)12-19-6-8-20(9-7-19)17(21)16-3-2-10-23-16/h2-5,10-11H,6-9,12H2,1H3. The minimum Gasteiger partial charge on any atom is -0.496 e. The predicted octanol–water partition coefficient (Wildman–Crippen LogP) is 3.48. The smallest absolute Gasteiger partial charge is 0.264 e. The molecular formula is C17H19BrN2O2S.